The second kappa shape index (κ2) is 7.88. The van der Waals surface area contributed by atoms with Crippen LogP contribution in [0.5, 0.6) is 0 Å². The number of carbonyl (C=O) groups is 1. The molecule has 3 rings (SSSR count). The summed E-state index contributed by atoms with van der Waals surface area (Å²) in [6.07, 6.45) is 0. The Balaban J connectivity index is 1.66. The molecule has 1 atom stereocenters. The highest BCUT2D eigenvalue weighted by Crippen LogP contribution is 2.27. The van der Waals surface area contributed by atoms with Gasteiger partial charge in [0, 0.05) is 13.6 Å². The van der Waals surface area contributed by atoms with E-state index in [0.29, 0.717) is 17.5 Å². The van der Waals surface area contributed by atoms with Gasteiger partial charge in [-0.2, -0.15) is 0 Å². The number of nitrogens with two attached hydrogens (primary N) is 1. The largest absolute Gasteiger partial charge is 0.340 e. The third kappa shape index (κ3) is 4.05. The van der Waals surface area contributed by atoms with Crippen molar-refractivity contribution >= 4 is 29.0 Å². The molecule has 0 radical (unpaired) electrons. The van der Waals surface area contributed by atoms with Crippen LogP contribution in [0, 0.1) is 5.82 Å². The first-order valence-corrected chi connectivity index (χ1v) is 9.62. The van der Waals surface area contributed by atoms with Crippen LogP contribution in [-0.2, 0) is 11.3 Å². The fraction of sp³-hybridized carbons (Fsp3) is 0.235. The van der Waals surface area contributed by atoms with Crippen molar-refractivity contribution < 1.29 is 9.18 Å². The molecule has 0 saturated carbocycles. The summed E-state index contributed by atoms with van der Waals surface area (Å²) in [4.78, 5) is 15.1. The zero-order chi connectivity index (χ0) is 18.7. The van der Waals surface area contributed by atoms with Crippen molar-refractivity contribution in [3.8, 4) is 10.7 Å². The number of aromatic nitrogens is 3. The highest BCUT2D eigenvalue weighted by molar-refractivity contribution is 8.00. The molecule has 0 aliphatic carbocycles. The summed E-state index contributed by atoms with van der Waals surface area (Å²) < 4.78 is 14.7. The van der Waals surface area contributed by atoms with E-state index in [4.69, 9.17) is 5.84 Å². The number of hydrogen-bond donors (Lipinski definition) is 1. The van der Waals surface area contributed by atoms with Crippen LogP contribution in [0.4, 0.5) is 4.39 Å². The summed E-state index contributed by atoms with van der Waals surface area (Å²) in [5.41, 5.74) is 0.736. The molecule has 2 N–H and O–H groups in total. The first kappa shape index (κ1) is 18.4. The molecule has 0 aliphatic rings. The van der Waals surface area contributed by atoms with Gasteiger partial charge < -0.3 is 10.7 Å². The Hall–Kier alpha value is -2.39. The lowest BCUT2D eigenvalue weighted by molar-refractivity contribution is -0.129. The van der Waals surface area contributed by atoms with Crippen molar-refractivity contribution in [3.63, 3.8) is 0 Å². The van der Waals surface area contributed by atoms with Crippen LogP contribution in [0.2, 0.25) is 0 Å². The Morgan fingerprint density at radius 3 is 2.88 bits per heavy atom. The van der Waals surface area contributed by atoms with E-state index < -0.39 is 5.25 Å². The van der Waals surface area contributed by atoms with Gasteiger partial charge in [0.1, 0.15) is 5.82 Å². The van der Waals surface area contributed by atoms with Crippen LogP contribution < -0.4 is 5.84 Å². The van der Waals surface area contributed by atoms with Crippen LogP contribution in [0.3, 0.4) is 0 Å². The van der Waals surface area contributed by atoms with Crippen LogP contribution >= 0.6 is 23.1 Å². The maximum Gasteiger partial charge on any atom is 0.235 e. The minimum atomic E-state index is -0.406. The molecule has 3 aromatic rings. The van der Waals surface area contributed by atoms with E-state index in [0.717, 1.165) is 10.4 Å². The number of thioether (sulfide) groups is 1. The molecule has 0 saturated heterocycles. The molecule has 6 nitrogen and oxygen atoms in total. The first-order chi connectivity index (χ1) is 12.5. The number of thiophene rings is 1. The lowest BCUT2D eigenvalue weighted by Gasteiger charge is -2.21. The van der Waals surface area contributed by atoms with Crippen molar-refractivity contribution in [2.24, 2.45) is 0 Å². The number of halogens is 1. The smallest absolute Gasteiger partial charge is 0.235 e. The normalized spacial score (nSPS) is 12.1. The number of amides is 1. The Kier molecular flexibility index (Phi) is 5.58. The molecule has 1 aromatic carbocycles. The molecule has 0 bridgehead atoms. The van der Waals surface area contributed by atoms with Crippen molar-refractivity contribution in [2.45, 2.75) is 23.9 Å². The van der Waals surface area contributed by atoms with E-state index in [1.807, 2.05) is 17.5 Å². The predicted molar refractivity (Wildman–Crippen MR) is 102 cm³/mol. The summed E-state index contributed by atoms with van der Waals surface area (Å²) in [6, 6.07) is 10.0. The number of nitrogen functional groups attached to an aromatic ring is 1. The highest BCUT2D eigenvalue weighted by atomic mass is 32.2. The second-order valence-electron chi connectivity index (χ2n) is 5.74. The van der Waals surface area contributed by atoms with Crippen molar-refractivity contribution in [1.29, 1.82) is 0 Å². The summed E-state index contributed by atoms with van der Waals surface area (Å²) in [7, 11) is 1.69. The molecule has 0 aliphatic heterocycles. The van der Waals surface area contributed by atoms with Crippen molar-refractivity contribution in [1.82, 2.24) is 19.8 Å². The summed E-state index contributed by atoms with van der Waals surface area (Å²) >= 11 is 2.76. The van der Waals surface area contributed by atoms with E-state index in [2.05, 4.69) is 10.2 Å². The van der Waals surface area contributed by atoms with E-state index in [9.17, 15) is 9.18 Å². The lowest BCUT2D eigenvalue weighted by Crippen LogP contribution is -2.33. The molecule has 0 fully saturated rings. The van der Waals surface area contributed by atoms with Crippen LogP contribution in [-0.4, -0.2) is 38.0 Å². The van der Waals surface area contributed by atoms with Gasteiger partial charge in [0.15, 0.2) is 5.82 Å². The third-order valence-electron chi connectivity index (χ3n) is 3.72. The standard InChI is InChI=1S/C17H18FN5OS2/c1-11(16(24)22(2)10-12-5-3-6-13(18)9-12)26-17-21-20-15(23(17)19)14-7-4-8-25-14/h3-9,11H,10,19H2,1-2H3. The van der Waals surface area contributed by atoms with E-state index >= 15 is 0 Å². The van der Waals surface area contributed by atoms with Gasteiger partial charge in [0.2, 0.25) is 11.1 Å². The van der Waals surface area contributed by atoms with Gasteiger partial charge >= 0.3 is 0 Å². The number of hydrogen-bond acceptors (Lipinski definition) is 6. The zero-order valence-corrected chi connectivity index (χ0v) is 15.9. The fourth-order valence-electron chi connectivity index (χ4n) is 2.44. The molecule has 9 heteroatoms. The van der Waals surface area contributed by atoms with Crippen LogP contribution in [0.15, 0.2) is 46.9 Å². The second-order valence-corrected chi connectivity index (χ2v) is 7.99. The molecule has 136 valence electrons. The average Bonchev–Trinajstić information content (AvgIpc) is 3.24. The average molecular weight is 391 g/mol. The van der Waals surface area contributed by atoms with Gasteiger partial charge in [-0.05, 0) is 36.1 Å². The Morgan fingerprint density at radius 2 is 2.19 bits per heavy atom. The number of benzene rings is 1. The Labute approximate surface area is 158 Å². The van der Waals surface area contributed by atoms with Crippen molar-refractivity contribution in [3.05, 3.63) is 53.2 Å². The molecular formula is C17H18FN5OS2. The molecule has 0 spiro atoms. The molecule has 26 heavy (non-hydrogen) atoms. The zero-order valence-electron chi connectivity index (χ0n) is 14.3. The lowest BCUT2D eigenvalue weighted by atomic mass is 10.2. The summed E-state index contributed by atoms with van der Waals surface area (Å²) in [5, 5.41) is 10.2. The van der Waals surface area contributed by atoms with Crippen LogP contribution in [0.25, 0.3) is 10.7 Å². The minimum Gasteiger partial charge on any atom is -0.340 e. The molecule has 1 amide bonds. The van der Waals surface area contributed by atoms with E-state index in [1.165, 1.54) is 39.9 Å². The number of nitrogens with zero attached hydrogens (tertiary/aromatic N) is 4. The summed E-state index contributed by atoms with van der Waals surface area (Å²) in [6.45, 7) is 2.12. The van der Waals surface area contributed by atoms with Gasteiger partial charge in [-0.25, -0.2) is 9.07 Å². The monoisotopic (exact) mass is 391 g/mol. The van der Waals surface area contributed by atoms with Gasteiger partial charge in [-0.1, -0.05) is 30.0 Å². The van der Waals surface area contributed by atoms with Crippen molar-refractivity contribution in [2.75, 3.05) is 12.9 Å². The molecule has 2 aromatic heterocycles. The van der Waals surface area contributed by atoms with Gasteiger partial charge in [0.25, 0.3) is 0 Å². The van der Waals surface area contributed by atoms with Gasteiger partial charge in [0.05, 0.1) is 10.1 Å². The van der Waals surface area contributed by atoms with Gasteiger partial charge in [-0.3, -0.25) is 4.79 Å². The first-order valence-electron chi connectivity index (χ1n) is 7.86. The Bertz CT molecular complexity index is 896. The molecule has 1 unspecified atom stereocenters. The molecule has 2 heterocycles. The maximum absolute atomic E-state index is 13.3. The van der Waals surface area contributed by atoms with Gasteiger partial charge in [-0.15, -0.1) is 21.5 Å². The summed E-state index contributed by atoms with van der Waals surface area (Å²) in [5.74, 6) is 6.22. The fourth-order valence-corrected chi connectivity index (χ4v) is 4.03. The van der Waals surface area contributed by atoms with E-state index in [-0.39, 0.29) is 11.7 Å². The Morgan fingerprint density at radius 1 is 1.38 bits per heavy atom. The SMILES string of the molecule is CC(Sc1nnc(-c2cccs2)n1N)C(=O)N(C)Cc1cccc(F)c1. The predicted octanol–water partition coefficient (Wildman–Crippen LogP) is 3.00. The minimum absolute atomic E-state index is 0.0973. The molecular weight excluding hydrogens is 373 g/mol. The maximum atomic E-state index is 13.3. The van der Waals surface area contributed by atoms with Crippen LogP contribution in [0.1, 0.15) is 12.5 Å². The number of rotatable bonds is 6. The quantitative estimate of drug-likeness (QED) is 0.516. The topological polar surface area (TPSA) is 77.0 Å². The third-order valence-corrected chi connectivity index (χ3v) is 5.63. The highest BCUT2D eigenvalue weighted by Gasteiger charge is 2.23. The van der Waals surface area contributed by atoms with E-state index in [1.54, 1.807) is 31.0 Å². The number of carbonyl (C=O) groups excluding carboxylic acids is 1.